The molecular formula is C20H28ClF2N5O2. The minimum absolute atomic E-state index is 0.0699. The van der Waals surface area contributed by atoms with Crippen molar-refractivity contribution in [2.24, 2.45) is 4.99 Å². The van der Waals surface area contributed by atoms with E-state index in [2.05, 4.69) is 30.2 Å². The molecule has 10 heteroatoms. The summed E-state index contributed by atoms with van der Waals surface area (Å²) in [5.41, 5.74) is 0.494. The van der Waals surface area contributed by atoms with Crippen LogP contribution in [0.3, 0.4) is 0 Å². The van der Waals surface area contributed by atoms with Gasteiger partial charge in [0.15, 0.2) is 5.96 Å². The van der Waals surface area contributed by atoms with Crippen LogP contribution in [-0.2, 0) is 11.3 Å². The fraction of sp³-hybridized carbons (Fsp3) is 0.600. The fourth-order valence-electron chi connectivity index (χ4n) is 3.29. The largest absolute Gasteiger partial charge is 0.434 e. The van der Waals surface area contributed by atoms with E-state index in [1.54, 1.807) is 6.07 Å². The molecular weight excluding hydrogens is 416 g/mol. The molecule has 0 spiro atoms. The Morgan fingerprint density at radius 2 is 2.03 bits per heavy atom. The Labute approximate surface area is 180 Å². The molecule has 2 fully saturated rings. The molecule has 1 heterocycles. The Morgan fingerprint density at radius 3 is 2.67 bits per heavy atom. The second-order valence-electron chi connectivity index (χ2n) is 7.41. The standard InChI is InChI=1S/C20H28ClF2N5O2/c1-2-24-20(25-12-14-11-15(21)3-6-17(14)30-19(22)23)28-9-7-27(8-10-28)13-18(29)26-16-4-5-16/h3,6,11,16,19H,2,4-5,7-10,12-13H2,1H3,(H,24,25)(H,26,29). The number of nitrogens with zero attached hydrogens (tertiary/aromatic N) is 3. The molecule has 1 aliphatic carbocycles. The van der Waals surface area contributed by atoms with Crippen LogP contribution < -0.4 is 15.4 Å². The third kappa shape index (κ3) is 6.98. The van der Waals surface area contributed by atoms with Crippen molar-refractivity contribution >= 4 is 23.5 Å². The van der Waals surface area contributed by atoms with Gasteiger partial charge in [-0.05, 0) is 38.0 Å². The molecule has 2 N–H and O–H groups in total. The summed E-state index contributed by atoms with van der Waals surface area (Å²) in [5.74, 6) is 0.849. The molecule has 3 rings (SSSR count). The molecule has 0 bridgehead atoms. The molecule has 0 aromatic heterocycles. The maximum Gasteiger partial charge on any atom is 0.387 e. The van der Waals surface area contributed by atoms with Gasteiger partial charge in [0, 0.05) is 49.4 Å². The second kappa shape index (κ2) is 10.8. The molecule has 7 nitrogen and oxygen atoms in total. The van der Waals surface area contributed by atoms with Crippen LogP contribution in [0.4, 0.5) is 8.78 Å². The normalized spacial score (nSPS) is 17.9. The zero-order valence-corrected chi connectivity index (χ0v) is 17.8. The number of hydrogen-bond acceptors (Lipinski definition) is 4. The zero-order chi connectivity index (χ0) is 21.5. The summed E-state index contributed by atoms with van der Waals surface area (Å²) in [6.45, 7) is 3.25. The molecule has 0 atom stereocenters. The number of rotatable bonds is 8. The Morgan fingerprint density at radius 1 is 1.30 bits per heavy atom. The van der Waals surface area contributed by atoms with Gasteiger partial charge in [-0.25, -0.2) is 4.99 Å². The van der Waals surface area contributed by atoms with E-state index in [-0.39, 0.29) is 18.2 Å². The number of hydrogen-bond donors (Lipinski definition) is 2. The van der Waals surface area contributed by atoms with Gasteiger partial charge >= 0.3 is 6.61 Å². The minimum Gasteiger partial charge on any atom is -0.434 e. The van der Waals surface area contributed by atoms with E-state index >= 15 is 0 Å². The number of benzene rings is 1. The summed E-state index contributed by atoms with van der Waals surface area (Å²) < 4.78 is 29.9. The minimum atomic E-state index is -2.91. The number of carbonyl (C=O) groups excluding carboxylic acids is 1. The molecule has 30 heavy (non-hydrogen) atoms. The van der Waals surface area contributed by atoms with Crippen LogP contribution in [0.25, 0.3) is 0 Å². The first kappa shape index (κ1) is 22.6. The number of piperazine rings is 1. The molecule has 1 saturated carbocycles. The van der Waals surface area contributed by atoms with E-state index in [0.29, 0.717) is 35.7 Å². The average molecular weight is 444 g/mol. The maximum atomic E-state index is 12.7. The highest BCUT2D eigenvalue weighted by Crippen LogP contribution is 2.25. The smallest absolute Gasteiger partial charge is 0.387 e. The van der Waals surface area contributed by atoms with Crippen LogP contribution in [-0.4, -0.2) is 73.6 Å². The van der Waals surface area contributed by atoms with Crippen molar-refractivity contribution in [2.45, 2.75) is 39.0 Å². The molecule has 166 valence electrons. The SMILES string of the molecule is CCNC(=NCc1cc(Cl)ccc1OC(F)F)N1CCN(CC(=O)NC2CC2)CC1. The van der Waals surface area contributed by atoms with E-state index in [0.717, 1.165) is 39.0 Å². The van der Waals surface area contributed by atoms with E-state index in [4.69, 9.17) is 11.6 Å². The van der Waals surface area contributed by atoms with Gasteiger partial charge in [0.25, 0.3) is 0 Å². The number of nitrogens with one attached hydrogen (secondary N) is 2. The number of amides is 1. The Bertz CT molecular complexity index is 753. The van der Waals surface area contributed by atoms with Crippen LogP contribution in [0.15, 0.2) is 23.2 Å². The van der Waals surface area contributed by atoms with Crippen LogP contribution in [0.1, 0.15) is 25.3 Å². The van der Waals surface area contributed by atoms with Crippen molar-refractivity contribution in [1.82, 2.24) is 20.4 Å². The summed E-state index contributed by atoms with van der Waals surface area (Å²) in [5, 5.41) is 6.69. The Kier molecular flexibility index (Phi) is 8.09. The van der Waals surface area contributed by atoms with Gasteiger partial charge in [-0.1, -0.05) is 11.6 Å². The third-order valence-corrected chi connectivity index (χ3v) is 5.19. The number of aliphatic imine (C=N–C) groups is 1. The second-order valence-corrected chi connectivity index (χ2v) is 7.84. The van der Waals surface area contributed by atoms with Crippen molar-refractivity contribution in [1.29, 1.82) is 0 Å². The van der Waals surface area contributed by atoms with Gasteiger partial charge in [-0.2, -0.15) is 8.78 Å². The van der Waals surface area contributed by atoms with Crippen LogP contribution in [0.5, 0.6) is 5.75 Å². The highest BCUT2D eigenvalue weighted by molar-refractivity contribution is 6.30. The lowest BCUT2D eigenvalue weighted by atomic mass is 10.2. The summed E-state index contributed by atoms with van der Waals surface area (Å²) in [6.07, 6.45) is 2.16. The summed E-state index contributed by atoms with van der Waals surface area (Å²) in [4.78, 5) is 20.8. The molecule has 0 unspecified atom stereocenters. The molecule has 0 radical (unpaired) electrons. The van der Waals surface area contributed by atoms with Crippen molar-refractivity contribution in [3.05, 3.63) is 28.8 Å². The Hall–Kier alpha value is -2.13. The highest BCUT2D eigenvalue weighted by atomic mass is 35.5. The lowest BCUT2D eigenvalue weighted by molar-refractivity contribution is -0.122. The van der Waals surface area contributed by atoms with E-state index < -0.39 is 6.61 Å². The summed E-state index contributed by atoms with van der Waals surface area (Å²) in [6, 6.07) is 4.90. The monoisotopic (exact) mass is 443 g/mol. The first-order chi connectivity index (χ1) is 14.4. The van der Waals surface area contributed by atoms with Crippen molar-refractivity contribution < 1.29 is 18.3 Å². The summed E-state index contributed by atoms with van der Waals surface area (Å²) in [7, 11) is 0. The predicted molar refractivity (Wildman–Crippen MR) is 112 cm³/mol. The fourth-order valence-corrected chi connectivity index (χ4v) is 3.48. The van der Waals surface area contributed by atoms with Crippen molar-refractivity contribution in [3.8, 4) is 5.75 Å². The molecule has 1 saturated heterocycles. The van der Waals surface area contributed by atoms with E-state index in [1.165, 1.54) is 12.1 Å². The topological polar surface area (TPSA) is 69.2 Å². The molecule has 2 aliphatic rings. The number of alkyl halides is 2. The maximum absolute atomic E-state index is 12.7. The molecule has 1 amide bonds. The number of halogens is 3. The van der Waals surface area contributed by atoms with Crippen molar-refractivity contribution in [3.63, 3.8) is 0 Å². The number of ether oxygens (including phenoxy) is 1. The molecule has 1 aromatic carbocycles. The van der Waals surface area contributed by atoms with Gasteiger partial charge in [0.05, 0.1) is 13.1 Å². The number of carbonyl (C=O) groups is 1. The van der Waals surface area contributed by atoms with Crippen LogP contribution in [0.2, 0.25) is 5.02 Å². The first-order valence-corrected chi connectivity index (χ1v) is 10.6. The lowest BCUT2D eigenvalue weighted by Gasteiger charge is -2.36. The zero-order valence-electron chi connectivity index (χ0n) is 17.0. The molecule has 1 aliphatic heterocycles. The quantitative estimate of drug-likeness (QED) is 0.476. The van der Waals surface area contributed by atoms with Gasteiger partial charge < -0.3 is 20.3 Å². The average Bonchev–Trinajstić information content (AvgIpc) is 3.51. The summed E-state index contributed by atoms with van der Waals surface area (Å²) >= 11 is 6.02. The van der Waals surface area contributed by atoms with E-state index in [1.807, 2.05) is 6.92 Å². The Balaban J connectivity index is 1.58. The predicted octanol–water partition coefficient (Wildman–Crippen LogP) is 2.30. The highest BCUT2D eigenvalue weighted by Gasteiger charge is 2.26. The van der Waals surface area contributed by atoms with Crippen LogP contribution >= 0.6 is 11.6 Å². The van der Waals surface area contributed by atoms with Gasteiger partial charge in [-0.15, -0.1) is 0 Å². The number of guanidine groups is 1. The van der Waals surface area contributed by atoms with Gasteiger partial charge in [0.2, 0.25) is 5.91 Å². The van der Waals surface area contributed by atoms with Crippen molar-refractivity contribution in [2.75, 3.05) is 39.3 Å². The van der Waals surface area contributed by atoms with Gasteiger partial charge in [-0.3, -0.25) is 9.69 Å². The van der Waals surface area contributed by atoms with Crippen LogP contribution in [0, 0.1) is 0 Å². The molecule has 1 aromatic rings. The first-order valence-electron chi connectivity index (χ1n) is 10.2. The lowest BCUT2D eigenvalue weighted by Crippen LogP contribution is -2.54. The third-order valence-electron chi connectivity index (χ3n) is 4.95. The van der Waals surface area contributed by atoms with E-state index in [9.17, 15) is 13.6 Å². The van der Waals surface area contributed by atoms with Gasteiger partial charge in [0.1, 0.15) is 5.75 Å².